The van der Waals surface area contributed by atoms with E-state index in [0.29, 0.717) is 16.4 Å². The molecule has 20 heavy (non-hydrogen) atoms. The van der Waals surface area contributed by atoms with Gasteiger partial charge in [0.25, 0.3) is 0 Å². The second-order valence-corrected chi connectivity index (χ2v) is 4.95. The number of anilines is 1. The average molecular weight is 291 g/mol. The van der Waals surface area contributed by atoms with Gasteiger partial charge in [-0.25, -0.2) is 9.78 Å². The van der Waals surface area contributed by atoms with E-state index in [1.807, 2.05) is 25.1 Å². The van der Waals surface area contributed by atoms with Crippen LogP contribution >= 0.6 is 11.6 Å². The number of halogens is 1. The molecule has 2 rings (SSSR count). The zero-order chi connectivity index (χ0) is 14.7. The number of aromatic carboxylic acids is 1. The number of rotatable bonds is 4. The number of carboxylic acid groups (broad SMARTS) is 1. The minimum absolute atomic E-state index is 0.143. The number of nitrogens with one attached hydrogen (secondary N) is 1. The van der Waals surface area contributed by atoms with Gasteiger partial charge >= 0.3 is 5.97 Å². The van der Waals surface area contributed by atoms with Crippen LogP contribution < -0.4 is 5.32 Å². The zero-order valence-corrected chi connectivity index (χ0v) is 12.0. The smallest absolute Gasteiger partial charge is 0.339 e. The van der Waals surface area contributed by atoms with Crippen molar-refractivity contribution >= 4 is 23.4 Å². The summed E-state index contributed by atoms with van der Waals surface area (Å²) in [4.78, 5) is 15.4. The number of carboxylic acids is 1. The number of nitrogens with zero attached hydrogens (tertiary/aromatic N) is 1. The molecule has 1 atom stereocenters. The molecule has 0 bridgehead atoms. The van der Waals surface area contributed by atoms with Crippen molar-refractivity contribution in [3.63, 3.8) is 0 Å². The Hall–Kier alpha value is -2.07. The second-order valence-electron chi connectivity index (χ2n) is 4.54. The van der Waals surface area contributed by atoms with Crippen molar-refractivity contribution < 1.29 is 9.90 Å². The highest BCUT2D eigenvalue weighted by Gasteiger charge is 2.17. The fraction of sp³-hybridized carbons (Fsp3) is 0.200. The van der Waals surface area contributed by atoms with Crippen molar-refractivity contribution in [3.05, 3.63) is 58.2 Å². The van der Waals surface area contributed by atoms with Gasteiger partial charge in [0.15, 0.2) is 0 Å². The van der Waals surface area contributed by atoms with Crippen LogP contribution in [0.3, 0.4) is 0 Å². The summed E-state index contributed by atoms with van der Waals surface area (Å²) in [5.41, 5.74) is 1.75. The first-order valence-electron chi connectivity index (χ1n) is 6.20. The number of pyridine rings is 1. The van der Waals surface area contributed by atoms with E-state index in [1.54, 1.807) is 25.3 Å². The maximum absolute atomic E-state index is 11.3. The lowest BCUT2D eigenvalue weighted by Gasteiger charge is -2.18. The molecule has 0 saturated carbocycles. The van der Waals surface area contributed by atoms with Crippen LogP contribution in [-0.4, -0.2) is 16.1 Å². The van der Waals surface area contributed by atoms with Crippen molar-refractivity contribution in [3.8, 4) is 0 Å². The lowest BCUT2D eigenvalue weighted by Crippen LogP contribution is -2.13. The molecule has 1 aromatic carbocycles. The molecule has 5 heteroatoms. The Morgan fingerprint density at radius 2 is 2.05 bits per heavy atom. The van der Waals surface area contributed by atoms with Crippen LogP contribution in [0.15, 0.2) is 36.5 Å². The lowest BCUT2D eigenvalue weighted by molar-refractivity contribution is 0.0697. The Balaban J connectivity index is 2.33. The van der Waals surface area contributed by atoms with Crippen LogP contribution in [0.4, 0.5) is 5.82 Å². The second kappa shape index (κ2) is 5.92. The standard InChI is InChI=1S/C15H15ClN2O2/c1-9-7-8-17-14(13(9)15(19)20)18-10(2)11-5-3-4-6-12(11)16/h3-8,10H,1-2H3,(H,17,18)(H,19,20). The average Bonchev–Trinajstić information content (AvgIpc) is 2.38. The molecule has 1 heterocycles. The Labute approximate surface area is 122 Å². The van der Waals surface area contributed by atoms with Gasteiger partial charge in [-0.05, 0) is 37.1 Å². The predicted octanol–water partition coefficient (Wildman–Crippen LogP) is 3.91. The van der Waals surface area contributed by atoms with Crippen molar-refractivity contribution in [2.45, 2.75) is 19.9 Å². The highest BCUT2D eigenvalue weighted by molar-refractivity contribution is 6.31. The van der Waals surface area contributed by atoms with Crippen LogP contribution in [0.25, 0.3) is 0 Å². The maximum atomic E-state index is 11.3. The molecule has 0 aliphatic carbocycles. The van der Waals surface area contributed by atoms with Crippen LogP contribution in [0.2, 0.25) is 5.02 Å². The van der Waals surface area contributed by atoms with Crippen LogP contribution in [0.1, 0.15) is 34.5 Å². The van der Waals surface area contributed by atoms with E-state index in [0.717, 1.165) is 5.56 Å². The van der Waals surface area contributed by atoms with Crippen molar-refractivity contribution in [1.82, 2.24) is 4.98 Å². The van der Waals surface area contributed by atoms with Gasteiger partial charge in [0.2, 0.25) is 0 Å². The summed E-state index contributed by atoms with van der Waals surface area (Å²) in [6.07, 6.45) is 1.59. The molecule has 104 valence electrons. The molecule has 0 radical (unpaired) electrons. The molecule has 1 unspecified atom stereocenters. The fourth-order valence-electron chi connectivity index (χ4n) is 2.05. The van der Waals surface area contributed by atoms with Gasteiger partial charge in [-0.15, -0.1) is 0 Å². The van der Waals surface area contributed by atoms with Gasteiger partial charge in [-0.3, -0.25) is 0 Å². The molecule has 0 spiro atoms. The summed E-state index contributed by atoms with van der Waals surface area (Å²) < 4.78 is 0. The molecule has 2 aromatic rings. The number of hydrogen-bond acceptors (Lipinski definition) is 3. The molecule has 4 nitrogen and oxygen atoms in total. The van der Waals surface area contributed by atoms with E-state index < -0.39 is 5.97 Å². The van der Waals surface area contributed by atoms with Gasteiger partial charge in [-0.2, -0.15) is 0 Å². The highest BCUT2D eigenvalue weighted by Crippen LogP contribution is 2.27. The number of benzene rings is 1. The minimum Gasteiger partial charge on any atom is -0.478 e. The summed E-state index contributed by atoms with van der Waals surface area (Å²) in [5, 5.41) is 13.0. The van der Waals surface area contributed by atoms with Gasteiger partial charge in [0.1, 0.15) is 11.4 Å². The number of aryl methyl sites for hydroxylation is 1. The maximum Gasteiger partial charge on any atom is 0.339 e. The van der Waals surface area contributed by atoms with Crippen LogP contribution in [-0.2, 0) is 0 Å². The first kappa shape index (κ1) is 14.3. The normalized spacial score (nSPS) is 11.9. The Kier molecular flexibility index (Phi) is 4.25. The summed E-state index contributed by atoms with van der Waals surface area (Å²) in [5.74, 6) is -0.644. The third-order valence-corrected chi connectivity index (χ3v) is 3.44. The zero-order valence-electron chi connectivity index (χ0n) is 11.2. The van der Waals surface area contributed by atoms with E-state index in [-0.39, 0.29) is 11.6 Å². The first-order valence-corrected chi connectivity index (χ1v) is 6.58. The van der Waals surface area contributed by atoms with E-state index in [9.17, 15) is 9.90 Å². The largest absolute Gasteiger partial charge is 0.478 e. The minimum atomic E-state index is -0.996. The third-order valence-electron chi connectivity index (χ3n) is 3.10. The van der Waals surface area contributed by atoms with E-state index >= 15 is 0 Å². The van der Waals surface area contributed by atoms with Gasteiger partial charge in [0, 0.05) is 11.2 Å². The monoisotopic (exact) mass is 290 g/mol. The SMILES string of the molecule is Cc1ccnc(NC(C)c2ccccc2Cl)c1C(=O)O. The molecule has 0 aliphatic heterocycles. The summed E-state index contributed by atoms with van der Waals surface area (Å²) in [6, 6.07) is 8.98. The van der Waals surface area contributed by atoms with E-state index in [4.69, 9.17) is 11.6 Å². The fourth-order valence-corrected chi connectivity index (χ4v) is 2.35. The predicted molar refractivity (Wildman–Crippen MR) is 79.4 cm³/mol. The molecular formula is C15H15ClN2O2. The molecule has 0 aliphatic rings. The quantitative estimate of drug-likeness (QED) is 0.896. The van der Waals surface area contributed by atoms with E-state index in [2.05, 4.69) is 10.3 Å². The first-order chi connectivity index (χ1) is 9.50. The molecule has 0 saturated heterocycles. The number of carbonyl (C=O) groups is 1. The van der Waals surface area contributed by atoms with Gasteiger partial charge in [0.05, 0.1) is 6.04 Å². The van der Waals surface area contributed by atoms with Crippen LogP contribution in [0.5, 0.6) is 0 Å². The Morgan fingerprint density at radius 3 is 2.70 bits per heavy atom. The number of hydrogen-bond donors (Lipinski definition) is 2. The number of aromatic nitrogens is 1. The summed E-state index contributed by atoms with van der Waals surface area (Å²) >= 11 is 6.14. The molecule has 2 N–H and O–H groups in total. The Bertz CT molecular complexity index is 644. The summed E-state index contributed by atoms with van der Waals surface area (Å²) in [6.45, 7) is 3.66. The topological polar surface area (TPSA) is 62.2 Å². The van der Waals surface area contributed by atoms with E-state index in [1.165, 1.54) is 0 Å². The van der Waals surface area contributed by atoms with Gasteiger partial charge in [-0.1, -0.05) is 29.8 Å². The molecule has 1 aromatic heterocycles. The van der Waals surface area contributed by atoms with Crippen molar-refractivity contribution in [1.29, 1.82) is 0 Å². The van der Waals surface area contributed by atoms with Crippen LogP contribution in [0, 0.1) is 6.92 Å². The van der Waals surface area contributed by atoms with Crippen molar-refractivity contribution in [2.75, 3.05) is 5.32 Å². The van der Waals surface area contributed by atoms with Gasteiger partial charge < -0.3 is 10.4 Å². The highest BCUT2D eigenvalue weighted by atomic mass is 35.5. The summed E-state index contributed by atoms with van der Waals surface area (Å²) in [7, 11) is 0. The van der Waals surface area contributed by atoms with Crippen molar-refractivity contribution in [2.24, 2.45) is 0 Å². The lowest BCUT2D eigenvalue weighted by atomic mass is 10.1. The molecular weight excluding hydrogens is 276 g/mol. The third kappa shape index (κ3) is 2.91. The molecule has 0 fully saturated rings. The Morgan fingerprint density at radius 1 is 1.35 bits per heavy atom. The molecule has 0 amide bonds.